The third kappa shape index (κ3) is 5.21. The SMILES string of the molecule is O=C(Cc1ccc(NS(=O)(=O)c2ccc(Cl)cc2F)cc1)N1CCN(C(=O)C2CC2)CC1. The van der Waals surface area contributed by atoms with Crippen molar-refractivity contribution in [2.24, 2.45) is 5.92 Å². The van der Waals surface area contributed by atoms with Crippen LogP contribution in [0.1, 0.15) is 18.4 Å². The van der Waals surface area contributed by atoms with Gasteiger partial charge in [0.1, 0.15) is 10.7 Å². The van der Waals surface area contributed by atoms with E-state index in [1.165, 1.54) is 18.2 Å². The molecule has 2 fully saturated rings. The van der Waals surface area contributed by atoms with Crippen molar-refractivity contribution >= 4 is 39.1 Å². The lowest BCUT2D eigenvalue weighted by Gasteiger charge is -2.35. The van der Waals surface area contributed by atoms with Crippen molar-refractivity contribution in [2.45, 2.75) is 24.2 Å². The molecule has 0 aromatic heterocycles. The summed E-state index contributed by atoms with van der Waals surface area (Å²) in [6.07, 6.45) is 2.12. The molecule has 10 heteroatoms. The summed E-state index contributed by atoms with van der Waals surface area (Å²) in [6.45, 7) is 2.15. The van der Waals surface area contributed by atoms with Crippen molar-refractivity contribution in [3.05, 3.63) is 58.9 Å². The van der Waals surface area contributed by atoms with Crippen LogP contribution in [0.15, 0.2) is 47.4 Å². The summed E-state index contributed by atoms with van der Waals surface area (Å²) < 4.78 is 41.2. The van der Waals surface area contributed by atoms with Gasteiger partial charge in [-0.1, -0.05) is 23.7 Å². The number of nitrogens with zero attached hydrogens (tertiary/aromatic N) is 2. The quantitative estimate of drug-likeness (QED) is 0.690. The van der Waals surface area contributed by atoms with Gasteiger partial charge in [0.05, 0.1) is 6.42 Å². The Balaban J connectivity index is 1.32. The maximum Gasteiger partial charge on any atom is 0.264 e. The van der Waals surface area contributed by atoms with E-state index >= 15 is 0 Å². The second kappa shape index (κ2) is 9.07. The minimum atomic E-state index is -4.12. The summed E-state index contributed by atoms with van der Waals surface area (Å²) in [7, 11) is -4.12. The summed E-state index contributed by atoms with van der Waals surface area (Å²) in [4.78, 5) is 27.8. The monoisotopic (exact) mass is 479 g/mol. The molecule has 170 valence electrons. The summed E-state index contributed by atoms with van der Waals surface area (Å²) in [5, 5.41) is 0.103. The van der Waals surface area contributed by atoms with Gasteiger partial charge in [-0.3, -0.25) is 14.3 Å². The van der Waals surface area contributed by atoms with E-state index in [1.54, 1.807) is 17.0 Å². The number of halogens is 2. The first-order chi connectivity index (χ1) is 15.2. The number of sulfonamides is 1. The molecular weight excluding hydrogens is 457 g/mol. The van der Waals surface area contributed by atoms with Crippen LogP contribution in [0.3, 0.4) is 0 Å². The van der Waals surface area contributed by atoms with E-state index in [0.717, 1.165) is 30.5 Å². The Kier molecular flexibility index (Phi) is 6.39. The van der Waals surface area contributed by atoms with Gasteiger partial charge in [0.25, 0.3) is 10.0 Å². The van der Waals surface area contributed by atoms with Crippen LogP contribution in [0.5, 0.6) is 0 Å². The van der Waals surface area contributed by atoms with Crippen molar-refractivity contribution in [3.63, 3.8) is 0 Å². The number of amides is 2. The highest BCUT2D eigenvalue weighted by Gasteiger charge is 2.35. The molecule has 2 aromatic carbocycles. The second-order valence-electron chi connectivity index (χ2n) is 8.03. The van der Waals surface area contributed by atoms with Crippen LogP contribution in [-0.4, -0.2) is 56.2 Å². The van der Waals surface area contributed by atoms with Gasteiger partial charge in [-0.05, 0) is 48.7 Å². The zero-order valence-corrected chi connectivity index (χ0v) is 18.8. The van der Waals surface area contributed by atoms with E-state index in [9.17, 15) is 22.4 Å². The van der Waals surface area contributed by atoms with Crippen molar-refractivity contribution in [1.82, 2.24) is 9.80 Å². The van der Waals surface area contributed by atoms with E-state index in [0.29, 0.717) is 26.2 Å². The number of hydrogen-bond acceptors (Lipinski definition) is 4. The average Bonchev–Trinajstić information content (AvgIpc) is 3.59. The van der Waals surface area contributed by atoms with E-state index in [1.807, 2.05) is 4.90 Å². The number of piperazine rings is 1. The first-order valence-electron chi connectivity index (χ1n) is 10.4. The summed E-state index contributed by atoms with van der Waals surface area (Å²) >= 11 is 5.67. The van der Waals surface area contributed by atoms with Crippen LogP contribution < -0.4 is 4.72 Å². The molecule has 0 spiro atoms. The number of nitrogens with one attached hydrogen (secondary N) is 1. The molecule has 2 aliphatic rings. The molecule has 1 aliphatic carbocycles. The molecule has 1 aliphatic heterocycles. The predicted octanol–water partition coefficient (Wildman–Crippen LogP) is 2.90. The summed E-state index contributed by atoms with van der Waals surface area (Å²) in [6, 6.07) is 9.70. The Bertz CT molecular complexity index is 1130. The van der Waals surface area contributed by atoms with Gasteiger partial charge < -0.3 is 9.80 Å². The Hall–Kier alpha value is -2.65. The van der Waals surface area contributed by atoms with Crippen molar-refractivity contribution in [1.29, 1.82) is 0 Å². The number of hydrogen-bond donors (Lipinski definition) is 1. The minimum absolute atomic E-state index is 0.0416. The van der Waals surface area contributed by atoms with Gasteiger partial charge in [0.2, 0.25) is 11.8 Å². The first kappa shape index (κ1) is 22.5. The van der Waals surface area contributed by atoms with Gasteiger partial charge in [0, 0.05) is 42.8 Å². The zero-order chi connectivity index (χ0) is 22.9. The number of benzene rings is 2. The standard InChI is InChI=1S/C22H23ClFN3O4S/c23-17-5-8-20(19(24)14-17)32(30,31)25-18-6-1-15(2-7-18)13-21(28)26-9-11-27(12-10-26)22(29)16-3-4-16/h1-2,5-8,14,16,25H,3-4,9-13H2. The highest BCUT2D eigenvalue weighted by molar-refractivity contribution is 7.92. The number of rotatable bonds is 6. The topological polar surface area (TPSA) is 86.8 Å². The normalized spacial score (nSPS) is 16.7. The fourth-order valence-corrected chi connectivity index (χ4v) is 4.92. The van der Waals surface area contributed by atoms with E-state index in [-0.39, 0.29) is 34.9 Å². The molecule has 1 saturated heterocycles. The van der Waals surface area contributed by atoms with E-state index < -0.39 is 20.7 Å². The number of carbonyl (C=O) groups excluding carboxylic acids is 2. The molecule has 0 radical (unpaired) electrons. The Morgan fingerprint density at radius 3 is 2.22 bits per heavy atom. The lowest BCUT2D eigenvalue weighted by atomic mass is 10.1. The molecular formula is C22H23ClFN3O4S. The van der Waals surface area contributed by atoms with Crippen molar-refractivity contribution in [3.8, 4) is 0 Å². The smallest absolute Gasteiger partial charge is 0.264 e. The van der Waals surface area contributed by atoms with Gasteiger partial charge in [-0.25, -0.2) is 12.8 Å². The molecule has 0 unspecified atom stereocenters. The van der Waals surface area contributed by atoms with Gasteiger partial charge >= 0.3 is 0 Å². The van der Waals surface area contributed by atoms with Gasteiger partial charge in [-0.15, -0.1) is 0 Å². The molecule has 0 bridgehead atoms. The second-order valence-corrected chi connectivity index (χ2v) is 10.1. The summed E-state index contributed by atoms with van der Waals surface area (Å²) in [5.74, 6) is -0.593. The molecule has 1 N–H and O–H groups in total. The number of carbonyl (C=O) groups is 2. The van der Waals surface area contributed by atoms with Crippen molar-refractivity contribution in [2.75, 3.05) is 30.9 Å². The van der Waals surface area contributed by atoms with Gasteiger partial charge in [0.15, 0.2) is 0 Å². The van der Waals surface area contributed by atoms with Crippen LogP contribution in [0.2, 0.25) is 5.02 Å². The highest BCUT2D eigenvalue weighted by atomic mass is 35.5. The molecule has 0 atom stereocenters. The fourth-order valence-electron chi connectivity index (χ4n) is 3.65. The van der Waals surface area contributed by atoms with Crippen LogP contribution in [0.4, 0.5) is 10.1 Å². The third-order valence-corrected chi connectivity index (χ3v) is 7.27. The first-order valence-corrected chi connectivity index (χ1v) is 12.2. The Labute approximate surface area is 191 Å². The molecule has 1 saturated carbocycles. The summed E-state index contributed by atoms with van der Waals surface area (Å²) in [5.41, 5.74) is 0.981. The Morgan fingerprint density at radius 1 is 1.00 bits per heavy atom. The predicted molar refractivity (Wildman–Crippen MR) is 118 cm³/mol. The maximum absolute atomic E-state index is 14.0. The third-order valence-electron chi connectivity index (χ3n) is 5.62. The van der Waals surface area contributed by atoms with E-state index in [4.69, 9.17) is 11.6 Å². The largest absolute Gasteiger partial charge is 0.339 e. The highest BCUT2D eigenvalue weighted by Crippen LogP contribution is 2.31. The molecule has 32 heavy (non-hydrogen) atoms. The lowest BCUT2D eigenvalue weighted by molar-refractivity contribution is -0.140. The molecule has 1 heterocycles. The van der Waals surface area contributed by atoms with Crippen LogP contribution >= 0.6 is 11.6 Å². The van der Waals surface area contributed by atoms with Crippen LogP contribution in [0.25, 0.3) is 0 Å². The molecule has 4 rings (SSSR count). The van der Waals surface area contributed by atoms with Gasteiger partial charge in [-0.2, -0.15) is 0 Å². The van der Waals surface area contributed by atoms with Crippen LogP contribution in [0, 0.1) is 11.7 Å². The maximum atomic E-state index is 14.0. The zero-order valence-electron chi connectivity index (χ0n) is 17.3. The fraction of sp³-hybridized carbons (Fsp3) is 0.364. The lowest BCUT2D eigenvalue weighted by Crippen LogP contribution is -2.51. The van der Waals surface area contributed by atoms with Crippen LogP contribution in [-0.2, 0) is 26.0 Å². The Morgan fingerprint density at radius 2 is 1.62 bits per heavy atom. The molecule has 7 nitrogen and oxygen atoms in total. The molecule has 2 aromatic rings. The number of anilines is 1. The average molecular weight is 480 g/mol. The molecule has 2 amide bonds. The minimum Gasteiger partial charge on any atom is -0.339 e. The van der Waals surface area contributed by atoms with E-state index in [2.05, 4.69) is 4.72 Å². The van der Waals surface area contributed by atoms with Crippen molar-refractivity contribution < 1.29 is 22.4 Å².